The van der Waals surface area contributed by atoms with Gasteiger partial charge in [-0.15, -0.1) is 0 Å². The van der Waals surface area contributed by atoms with E-state index in [0.717, 1.165) is 34.4 Å². The van der Waals surface area contributed by atoms with Crippen LogP contribution in [0.5, 0.6) is 11.5 Å². The summed E-state index contributed by atoms with van der Waals surface area (Å²) in [5, 5.41) is 7.34. The second-order valence-electron chi connectivity index (χ2n) is 9.43. The van der Waals surface area contributed by atoms with Gasteiger partial charge in [-0.1, -0.05) is 42.8 Å². The van der Waals surface area contributed by atoms with E-state index in [0.29, 0.717) is 24.6 Å². The molecule has 1 fully saturated rings. The molecule has 0 aliphatic carbocycles. The standard InChI is InChI=1S/C31H32FN3O3/c32-24-10-12-25(13-11-24)33-31(36)34-29-16-17-30(28-7-3-2-6-27(28)29)38-22-23-8-14-26(15-9-23)37-21-20-35-18-4-1-5-19-35/h2-3,6-17H,1,4-5,18-22H2,(H2,33,34,36). The molecule has 5 rings (SSSR count). The number of hydrogen-bond donors (Lipinski definition) is 2. The van der Waals surface area contributed by atoms with Gasteiger partial charge >= 0.3 is 6.03 Å². The van der Waals surface area contributed by atoms with Crippen molar-refractivity contribution in [1.82, 2.24) is 4.90 Å². The van der Waals surface area contributed by atoms with Crippen LogP contribution in [0.1, 0.15) is 24.8 Å². The molecule has 4 aromatic carbocycles. The number of fused-ring (bicyclic) bond motifs is 1. The number of nitrogens with one attached hydrogen (secondary N) is 2. The Kier molecular flexibility index (Phi) is 8.36. The zero-order valence-corrected chi connectivity index (χ0v) is 21.3. The topological polar surface area (TPSA) is 62.8 Å². The fourth-order valence-corrected chi connectivity index (χ4v) is 4.64. The molecule has 1 aliphatic rings. The molecule has 2 amide bonds. The van der Waals surface area contributed by atoms with E-state index in [-0.39, 0.29) is 5.82 Å². The molecule has 38 heavy (non-hydrogen) atoms. The number of amides is 2. The summed E-state index contributed by atoms with van der Waals surface area (Å²) in [6.45, 7) is 4.43. The average Bonchev–Trinajstić information content (AvgIpc) is 2.95. The van der Waals surface area contributed by atoms with Crippen molar-refractivity contribution in [3.63, 3.8) is 0 Å². The molecule has 0 atom stereocenters. The molecule has 4 aromatic rings. The Bertz CT molecular complexity index is 1350. The Morgan fingerprint density at radius 3 is 2.29 bits per heavy atom. The molecule has 0 bridgehead atoms. The summed E-state index contributed by atoms with van der Waals surface area (Å²) >= 11 is 0. The van der Waals surface area contributed by atoms with Gasteiger partial charge in [-0.3, -0.25) is 4.90 Å². The Hall–Kier alpha value is -4.10. The molecular formula is C31H32FN3O3. The number of rotatable bonds is 9. The largest absolute Gasteiger partial charge is 0.492 e. The molecular weight excluding hydrogens is 481 g/mol. The van der Waals surface area contributed by atoms with Crippen molar-refractivity contribution < 1.29 is 18.7 Å². The number of carbonyl (C=O) groups excluding carboxylic acids is 1. The molecule has 0 spiro atoms. The number of likely N-dealkylation sites (tertiary alicyclic amines) is 1. The van der Waals surface area contributed by atoms with Gasteiger partial charge in [-0.25, -0.2) is 9.18 Å². The normalized spacial score (nSPS) is 13.7. The lowest BCUT2D eigenvalue weighted by Gasteiger charge is -2.26. The predicted octanol–water partition coefficient (Wildman–Crippen LogP) is 7.07. The minimum absolute atomic E-state index is 0.356. The van der Waals surface area contributed by atoms with E-state index in [4.69, 9.17) is 9.47 Å². The van der Waals surface area contributed by atoms with Gasteiger partial charge in [0.2, 0.25) is 0 Å². The van der Waals surface area contributed by atoms with E-state index in [1.54, 1.807) is 0 Å². The molecule has 196 valence electrons. The van der Waals surface area contributed by atoms with Crippen LogP contribution >= 0.6 is 0 Å². The van der Waals surface area contributed by atoms with Gasteiger partial charge in [0.15, 0.2) is 0 Å². The highest BCUT2D eigenvalue weighted by Crippen LogP contribution is 2.32. The molecule has 1 aliphatic heterocycles. The van der Waals surface area contributed by atoms with Crippen molar-refractivity contribution in [2.75, 3.05) is 36.9 Å². The Balaban J connectivity index is 1.17. The highest BCUT2D eigenvalue weighted by atomic mass is 19.1. The second-order valence-corrected chi connectivity index (χ2v) is 9.43. The summed E-state index contributed by atoms with van der Waals surface area (Å²) in [5.74, 6) is 1.24. The van der Waals surface area contributed by atoms with Crippen molar-refractivity contribution >= 4 is 28.2 Å². The maximum absolute atomic E-state index is 13.1. The number of carbonyl (C=O) groups is 1. The number of halogens is 1. The van der Waals surface area contributed by atoms with Crippen LogP contribution in [0.3, 0.4) is 0 Å². The molecule has 7 heteroatoms. The summed E-state index contributed by atoms with van der Waals surface area (Å²) in [7, 11) is 0. The first-order valence-electron chi connectivity index (χ1n) is 13.1. The van der Waals surface area contributed by atoms with Gasteiger partial charge in [-0.2, -0.15) is 0 Å². The van der Waals surface area contributed by atoms with Gasteiger partial charge in [-0.05, 0) is 80.0 Å². The Morgan fingerprint density at radius 1 is 0.789 bits per heavy atom. The average molecular weight is 514 g/mol. The first-order chi connectivity index (χ1) is 18.6. The minimum Gasteiger partial charge on any atom is -0.492 e. The number of urea groups is 1. The Labute approximate surface area is 222 Å². The van der Waals surface area contributed by atoms with Crippen LogP contribution in [0.4, 0.5) is 20.6 Å². The lowest BCUT2D eigenvalue weighted by molar-refractivity contribution is 0.183. The van der Waals surface area contributed by atoms with E-state index in [1.807, 2.05) is 60.7 Å². The van der Waals surface area contributed by atoms with Crippen LogP contribution in [0.15, 0.2) is 84.9 Å². The van der Waals surface area contributed by atoms with E-state index in [1.165, 1.54) is 56.6 Å². The van der Waals surface area contributed by atoms with Gasteiger partial charge in [0.05, 0.1) is 5.69 Å². The summed E-state index contributed by atoms with van der Waals surface area (Å²) in [6.07, 6.45) is 3.92. The van der Waals surface area contributed by atoms with Gasteiger partial charge < -0.3 is 20.1 Å². The predicted molar refractivity (Wildman–Crippen MR) is 150 cm³/mol. The minimum atomic E-state index is -0.409. The van der Waals surface area contributed by atoms with Crippen LogP contribution in [0.25, 0.3) is 10.8 Å². The van der Waals surface area contributed by atoms with Gasteiger partial charge in [0.1, 0.15) is 30.5 Å². The lowest BCUT2D eigenvalue weighted by atomic mass is 10.1. The smallest absolute Gasteiger partial charge is 0.323 e. The highest BCUT2D eigenvalue weighted by molar-refractivity contribution is 6.07. The number of piperidine rings is 1. The van der Waals surface area contributed by atoms with Crippen LogP contribution in [-0.2, 0) is 6.61 Å². The zero-order chi connectivity index (χ0) is 26.2. The fourth-order valence-electron chi connectivity index (χ4n) is 4.64. The molecule has 0 aromatic heterocycles. The lowest BCUT2D eigenvalue weighted by Crippen LogP contribution is -2.33. The number of nitrogens with zero attached hydrogens (tertiary/aromatic N) is 1. The van der Waals surface area contributed by atoms with E-state index < -0.39 is 6.03 Å². The first kappa shape index (κ1) is 25.5. The van der Waals surface area contributed by atoms with Gasteiger partial charge in [0, 0.05) is 23.0 Å². The molecule has 0 radical (unpaired) electrons. The summed E-state index contributed by atoms with van der Waals surface area (Å²) < 4.78 is 25.2. The maximum atomic E-state index is 13.1. The third-order valence-corrected chi connectivity index (χ3v) is 6.68. The molecule has 1 saturated heterocycles. The zero-order valence-electron chi connectivity index (χ0n) is 21.3. The molecule has 0 saturated carbocycles. The quantitative estimate of drug-likeness (QED) is 0.251. The van der Waals surface area contributed by atoms with Crippen molar-refractivity contribution in [3.8, 4) is 11.5 Å². The van der Waals surface area contributed by atoms with Crippen LogP contribution in [0.2, 0.25) is 0 Å². The van der Waals surface area contributed by atoms with E-state index in [2.05, 4.69) is 15.5 Å². The molecule has 0 unspecified atom stereocenters. The van der Waals surface area contributed by atoms with E-state index in [9.17, 15) is 9.18 Å². The number of ether oxygens (including phenoxy) is 2. The summed E-state index contributed by atoms with van der Waals surface area (Å²) in [4.78, 5) is 15.0. The molecule has 6 nitrogen and oxygen atoms in total. The van der Waals surface area contributed by atoms with Gasteiger partial charge in [0.25, 0.3) is 0 Å². The number of anilines is 2. The SMILES string of the molecule is O=C(Nc1ccc(F)cc1)Nc1ccc(OCc2ccc(OCCN3CCCCC3)cc2)c2ccccc12. The summed E-state index contributed by atoms with van der Waals surface area (Å²) in [6, 6.07) is 24.7. The van der Waals surface area contributed by atoms with Crippen LogP contribution in [-0.4, -0.2) is 37.2 Å². The first-order valence-corrected chi connectivity index (χ1v) is 13.1. The van der Waals surface area contributed by atoms with Crippen molar-refractivity contribution in [3.05, 3.63) is 96.3 Å². The van der Waals surface area contributed by atoms with Crippen molar-refractivity contribution in [2.45, 2.75) is 25.9 Å². The molecule has 1 heterocycles. The third-order valence-electron chi connectivity index (χ3n) is 6.68. The fraction of sp³-hybridized carbons (Fsp3) is 0.258. The maximum Gasteiger partial charge on any atom is 0.323 e. The highest BCUT2D eigenvalue weighted by Gasteiger charge is 2.11. The van der Waals surface area contributed by atoms with Crippen LogP contribution in [0, 0.1) is 5.82 Å². The third kappa shape index (κ3) is 6.81. The van der Waals surface area contributed by atoms with Crippen molar-refractivity contribution in [2.24, 2.45) is 0 Å². The van der Waals surface area contributed by atoms with Crippen molar-refractivity contribution in [1.29, 1.82) is 0 Å². The van der Waals surface area contributed by atoms with E-state index >= 15 is 0 Å². The van der Waals surface area contributed by atoms with Crippen LogP contribution < -0.4 is 20.1 Å². The second kappa shape index (κ2) is 12.4. The monoisotopic (exact) mass is 513 g/mol. The number of hydrogen-bond acceptors (Lipinski definition) is 4. The Morgan fingerprint density at radius 2 is 1.53 bits per heavy atom. The summed E-state index contributed by atoms with van der Waals surface area (Å²) in [5.41, 5.74) is 2.20. The number of benzene rings is 4. The molecule has 2 N–H and O–H groups in total.